The Labute approximate surface area is 92.6 Å². The van der Waals surface area contributed by atoms with Crippen LogP contribution in [-0.2, 0) is 9.53 Å². The molecule has 0 saturated heterocycles. The van der Waals surface area contributed by atoms with Crippen molar-refractivity contribution in [3.8, 4) is 0 Å². The number of hydrogen-bond acceptors (Lipinski definition) is 2. The first-order chi connectivity index (χ1) is 7.02. The van der Waals surface area contributed by atoms with Crippen molar-refractivity contribution in [1.82, 2.24) is 5.32 Å². The Balaban J connectivity index is 2.51. The summed E-state index contributed by atoms with van der Waals surface area (Å²) >= 11 is 0. The Morgan fingerprint density at radius 1 is 1.40 bits per heavy atom. The van der Waals surface area contributed by atoms with Crippen LogP contribution >= 0.6 is 0 Å². The zero-order valence-electron chi connectivity index (χ0n) is 10.3. The van der Waals surface area contributed by atoms with Gasteiger partial charge in [0, 0.05) is 13.2 Å². The van der Waals surface area contributed by atoms with Crippen molar-refractivity contribution >= 4 is 5.91 Å². The van der Waals surface area contributed by atoms with E-state index >= 15 is 0 Å². The molecule has 0 unspecified atom stereocenters. The summed E-state index contributed by atoms with van der Waals surface area (Å²) in [7, 11) is 1.67. The molecule has 1 amide bonds. The average Bonchev–Trinajstić information content (AvgIpc) is 2.10. The van der Waals surface area contributed by atoms with Gasteiger partial charge in [-0.05, 0) is 25.7 Å². The minimum Gasteiger partial charge on any atom is -0.384 e. The summed E-state index contributed by atoms with van der Waals surface area (Å²) in [6.45, 7) is 6.86. The summed E-state index contributed by atoms with van der Waals surface area (Å²) in [6, 6.07) is 0.242. The maximum atomic E-state index is 12.1. The van der Waals surface area contributed by atoms with Gasteiger partial charge in [0.15, 0.2) is 0 Å². The van der Waals surface area contributed by atoms with Gasteiger partial charge in [-0.2, -0.15) is 0 Å². The highest BCUT2D eigenvalue weighted by Crippen LogP contribution is 2.41. The molecule has 0 aromatic rings. The predicted molar refractivity (Wildman–Crippen MR) is 60.6 cm³/mol. The third-order valence-electron chi connectivity index (χ3n) is 3.57. The van der Waals surface area contributed by atoms with Gasteiger partial charge in [-0.3, -0.25) is 4.79 Å². The summed E-state index contributed by atoms with van der Waals surface area (Å²) in [5.74, 6) is 0.658. The largest absolute Gasteiger partial charge is 0.384 e. The van der Waals surface area contributed by atoms with Gasteiger partial charge in [0.25, 0.3) is 0 Å². The quantitative estimate of drug-likeness (QED) is 0.758. The van der Waals surface area contributed by atoms with E-state index in [9.17, 15) is 4.79 Å². The van der Waals surface area contributed by atoms with E-state index in [0.29, 0.717) is 12.5 Å². The fourth-order valence-corrected chi connectivity index (χ4v) is 1.84. The molecule has 0 spiro atoms. The maximum absolute atomic E-state index is 12.1. The van der Waals surface area contributed by atoms with E-state index in [2.05, 4.69) is 26.1 Å². The summed E-state index contributed by atoms with van der Waals surface area (Å²) in [5, 5.41) is 3.09. The van der Waals surface area contributed by atoms with Crippen molar-refractivity contribution in [2.75, 3.05) is 13.7 Å². The second kappa shape index (κ2) is 4.97. The van der Waals surface area contributed by atoms with E-state index in [0.717, 1.165) is 19.3 Å². The topological polar surface area (TPSA) is 38.3 Å². The number of ether oxygens (including phenoxy) is 1. The molecule has 88 valence electrons. The first kappa shape index (κ1) is 12.5. The van der Waals surface area contributed by atoms with E-state index in [4.69, 9.17) is 4.74 Å². The monoisotopic (exact) mass is 213 g/mol. The molecule has 0 bridgehead atoms. The predicted octanol–water partition coefficient (Wildman–Crippen LogP) is 1.96. The van der Waals surface area contributed by atoms with Crippen molar-refractivity contribution in [2.24, 2.45) is 11.3 Å². The molecular weight excluding hydrogens is 190 g/mol. The van der Waals surface area contributed by atoms with Gasteiger partial charge >= 0.3 is 0 Å². The molecule has 1 fully saturated rings. The fraction of sp³-hybridized carbons (Fsp3) is 0.917. The standard InChI is InChI=1S/C12H23NO2/c1-9(2)10(3)13-11(14)12(8-15-4)6-5-7-12/h9-10H,5-8H2,1-4H3,(H,13,14)/t10-/m1/s1. The molecule has 0 aliphatic heterocycles. The maximum Gasteiger partial charge on any atom is 0.228 e. The number of carbonyl (C=O) groups is 1. The number of methoxy groups -OCH3 is 1. The summed E-state index contributed by atoms with van der Waals surface area (Å²) in [4.78, 5) is 12.1. The molecule has 1 saturated carbocycles. The highest BCUT2D eigenvalue weighted by molar-refractivity contribution is 5.83. The Morgan fingerprint density at radius 2 is 2.00 bits per heavy atom. The summed E-state index contributed by atoms with van der Waals surface area (Å²) in [6.07, 6.45) is 3.09. The Bertz CT molecular complexity index is 222. The third kappa shape index (κ3) is 2.71. The number of amides is 1. The zero-order chi connectivity index (χ0) is 11.5. The second-order valence-electron chi connectivity index (χ2n) is 5.07. The van der Waals surface area contributed by atoms with Crippen molar-refractivity contribution in [1.29, 1.82) is 0 Å². The lowest BCUT2D eigenvalue weighted by atomic mass is 9.68. The SMILES string of the molecule is COCC1(C(=O)N[C@H](C)C(C)C)CCC1. The Kier molecular flexibility index (Phi) is 4.14. The molecule has 3 nitrogen and oxygen atoms in total. The Hall–Kier alpha value is -0.570. The summed E-state index contributed by atoms with van der Waals surface area (Å²) < 4.78 is 5.15. The Morgan fingerprint density at radius 3 is 2.33 bits per heavy atom. The van der Waals surface area contributed by atoms with E-state index in [-0.39, 0.29) is 17.4 Å². The second-order valence-corrected chi connectivity index (χ2v) is 5.07. The van der Waals surface area contributed by atoms with Gasteiger partial charge < -0.3 is 10.1 Å². The molecular formula is C12H23NO2. The number of hydrogen-bond donors (Lipinski definition) is 1. The molecule has 1 atom stereocenters. The molecule has 0 aromatic heterocycles. The van der Waals surface area contributed by atoms with Crippen LogP contribution in [-0.4, -0.2) is 25.7 Å². The summed E-state index contributed by atoms with van der Waals surface area (Å²) in [5.41, 5.74) is -0.224. The van der Waals surface area contributed by atoms with Crippen molar-refractivity contribution in [2.45, 2.75) is 46.1 Å². The minimum absolute atomic E-state index is 0.178. The first-order valence-corrected chi connectivity index (χ1v) is 5.82. The highest BCUT2D eigenvalue weighted by atomic mass is 16.5. The molecule has 1 aliphatic rings. The molecule has 15 heavy (non-hydrogen) atoms. The van der Waals surface area contributed by atoms with E-state index < -0.39 is 0 Å². The molecule has 0 aromatic carbocycles. The van der Waals surface area contributed by atoms with Crippen LogP contribution in [0.2, 0.25) is 0 Å². The van der Waals surface area contributed by atoms with Gasteiger partial charge in [-0.1, -0.05) is 20.3 Å². The first-order valence-electron chi connectivity index (χ1n) is 5.82. The van der Waals surface area contributed by atoms with Crippen LogP contribution in [0, 0.1) is 11.3 Å². The zero-order valence-corrected chi connectivity index (χ0v) is 10.3. The normalized spacial score (nSPS) is 20.9. The van der Waals surface area contributed by atoms with Crippen LogP contribution in [0.4, 0.5) is 0 Å². The molecule has 0 heterocycles. The van der Waals surface area contributed by atoms with Crippen LogP contribution in [0.3, 0.4) is 0 Å². The van der Waals surface area contributed by atoms with Crippen LogP contribution < -0.4 is 5.32 Å². The van der Waals surface area contributed by atoms with E-state index in [1.807, 2.05) is 0 Å². The highest BCUT2D eigenvalue weighted by Gasteiger charge is 2.44. The van der Waals surface area contributed by atoms with Crippen LogP contribution in [0.1, 0.15) is 40.0 Å². The number of carbonyl (C=O) groups excluding carboxylic acids is 1. The van der Waals surface area contributed by atoms with Crippen molar-refractivity contribution in [3.05, 3.63) is 0 Å². The number of rotatable bonds is 5. The average molecular weight is 213 g/mol. The van der Waals surface area contributed by atoms with E-state index in [1.54, 1.807) is 7.11 Å². The smallest absolute Gasteiger partial charge is 0.228 e. The van der Waals surface area contributed by atoms with Gasteiger partial charge in [0.05, 0.1) is 12.0 Å². The van der Waals surface area contributed by atoms with Gasteiger partial charge in [-0.15, -0.1) is 0 Å². The molecule has 3 heteroatoms. The lowest BCUT2D eigenvalue weighted by Gasteiger charge is -2.40. The van der Waals surface area contributed by atoms with Crippen LogP contribution in [0.15, 0.2) is 0 Å². The lowest BCUT2D eigenvalue weighted by molar-refractivity contribution is -0.141. The number of nitrogens with one attached hydrogen (secondary N) is 1. The van der Waals surface area contributed by atoms with Crippen molar-refractivity contribution in [3.63, 3.8) is 0 Å². The van der Waals surface area contributed by atoms with Crippen molar-refractivity contribution < 1.29 is 9.53 Å². The van der Waals surface area contributed by atoms with Crippen LogP contribution in [0.5, 0.6) is 0 Å². The van der Waals surface area contributed by atoms with Gasteiger partial charge in [0.2, 0.25) is 5.91 Å². The van der Waals surface area contributed by atoms with Crippen LogP contribution in [0.25, 0.3) is 0 Å². The molecule has 0 radical (unpaired) electrons. The lowest BCUT2D eigenvalue weighted by Crippen LogP contribution is -2.51. The third-order valence-corrected chi connectivity index (χ3v) is 3.57. The molecule has 1 aliphatic carbocycles. The fourth-order valence-electron chi connectivity index (χ4n) is 1.84. The molecule has 1 rings (SSSR count). The molecule has 1 N–H and O–H groups in total. The minimum atomic E-state index is -0.224. The van der Waals surface area contributed by atoms with Gasteiger partial charge in [0.1, 0.15) is 0 Å². The van der Waals surface area contributed by atoms with E-state index in [1.165, 1.54) is 0 Å². The van der Waals surface area contributed by atoms with Gasteiger partial charge in [-0.25, -0.2) is 0 Å².